The Kier molecular flexibility index (Phi) is 5.92. The van der Waals surface area contributed by atoms with Crippen LogP contribution in [-0.4, -0.2) is 33.0 Å². The zero-order valence-electron chi connectivity index (χ0n) is 16.1. The molecule has 0 saturated carbocycles. The Morgan fingerprint density at radius 2 is 1.84 bits per heavy atom. The van der Waals surface area contributed by atoms with Crippen LogP contribution in [0.1, 0.15) is 10.4 Å². The lowest BCUT2D eigenvalue weighted by molar-refractivity contribution is -0.145. The van der Waals surface area contributed by atoms with Crippen LogP contribution in [0.4, 0.5) is 4.39 Å². The van der Waals surface area contributed by atoms with E-state index < -0.39 is 17.9 Å². The van der Waals surface area contributed by atoms with Gasteiger partial charge in [-0.15, -0.1) is 11.3 Å². The fourth-order valence-electron chi connectivity index (χ4n) is 3.30. The number of amides is 1. The van der Waals surface area contributed by atoms with Crippen molar-refractivity contribution in [2.75, 3.05) is 0 Å². The first-order chi connectivity index (χ1) is 14.9. The average Bonchev–Trinajstić information content (AvgIpc) is 3.32. The van der Waals surface area contributed by atoms with E-state index in [-0.39, 0.29) is 23.0 Å². The molecule has 1 aliphatic rings. The van der Waals surface area contributed by atoms with Crippen LogP contribution in [0.3, 0.4) is 0 Å². The smallest absolute Gasteiger partial charge is 0.327 e. The number of carboxylic acid groups (broad SMARTS) is 1. The molecule has 1 unspecified atom stereocenters. The van der Waals surface area contributed by atoms with Gasteiger partial charge in [0.15, 0.2) is 5.11 Å². The Morgan fingerprint density at radius 1 is 1.13 bits per heavy atom. The molecule has 3 aromatic rings. The lowest BCUT2D eigenvalue weighted by Gasteiger charge is -2.22. The van der Waals surface area contributed by atoms with Crippen LogP contribution >= 0.6 is 23.6 Å². The number of halogens is 1. The molecule has 5 nitrogen and oxygen atoms in total. The summed E-state index contributed by atoms with van der Waals surface area (Å²) in [7, 11) is 0. The molecule has 1 atom stereocenters. The zero-order chi connectivity index (χ0) is 22.0. The number of aliphatic carboxylic acids is 1. The van der Waals surface area contributed by atoms with Crippen LogP contribution < -0.4 is 5.32 Å². The van der Waals surface area contributed by atoms with E-state index in [1.54, 1.807) is 18.2 Å². The van der Waals surface area contributed by atoms with Crippen molar-refractivity contribution in [2.45, 2.75) is 12.5 Å². The van der Waals surface area contributed by atoms with Gasteiger partial charge in [-0.1, -0.05) is 42.5 Å². The van der Waals surface area contributed by atoms with Gasteiger partial charge >= 0.3 is 5.97 Å². The molecule has 0 aliphatic carbocycles. The van der Waals surface area contributed by atoms with E-state index in [0.717, 1.165) is 25.8 Å². The van der Waals surface area contributed by atoms with E-state index in [4.69, 9.17) is 12.2 Å². The number of thiocarbonyl (C=S) groups is 1. The van der Waals surface area contributed by atoms with Crippen molar-refractivity contribution in [2.24, 2.45) is 0 Å². The van der Waals surface area contributed by atoms with Gasteiger partial charge in [-0.3, -0.25) is 9.69 Å². The minimum Gasteiger partial charge on any atom is -0.480 e. The Morgan fingerprint density at radius 3 is 2.52 bits per heavy atom. The molecule has 1 fully saturated rings. The molecule has 2 aromatic carbocycles. The summed E-state index contributed by atoms with van der Waals surface area (Å²) in [5, 5.41) is 12.6. The summed E-state index contributed by atoms with van der Waals surface area (Å²) in [4.78, 5) is 27.7. The largest absolute Gasteiger partial charge is 0.480 e. The first-order valence-electron chi connectivity index (χ1n) is 9.41. The molecule has 1 aromatic heterocycles. The lowest BCUT2D eigenvalue weighted by atomic mass is 10.0. The number of carboxylic acids is 1. The predicted molar refractivity (Wildman–Crippen MR) is 122 cm³/mol. The lowest BCUT2D eigenvalue weighted by Crippen LogP contribution is -2.46. The van der Waals surface area contributed by atoms with Gasteiger partial charge in [-0.05, 0) is 53.7 Å². The van der Waals surface area contributed by atoms with E-state index in [9.17, 15) is 19.1 Å². The molecule has 1 saturated heterocycles. The molecule has 31 heavy (non-hydrogen) atoms. The maximum Gasteiger partial charge on any atom is 0.327 e. The summed E-state index contributed by atoms with van der Waals surface area (Å²) in [6, 6.07) is 17.9. The third-order valence-electron chi connectivity index (χ3n) is 4.82. The van der Waals surface area contributed by atoms with E-state index >= 15 is 0 Å². The van der Waals surface area contributed by atoms with E-state index in [2.05, 4.69) is 5.32 Å². The number of thiophene rings is 1. The highest BCUT2D eigenvalue weighted by molar-refractivity contribution is 7.80. The second-order valence-electron chi connectivity index (χ2n) is 6.92. The standard InChI is InChI=1S/C23H17FN2O3S2/c24-16-8-6-15(7-9-16)20-11-10-17(31-20)13-18-21(27)26(23(30)25-18)19(22(28)29)12-14-4-2-1-3-5-14/h1-11,13,19H,12H2,(H,25,30)(H,28,29)/b18-13+. The van der Waals surface area contributed by atoms with Crippen LogP contribution in [0.15, 0.2) is 72.4 Å². The normalized spacial score (nSPS) is 15.9. The molecule has 1 aliphatic heterocycles. The summed E-state index contributed by atoms with van der Waals surface area (Å²) in [6.07, 6.45) is 1.79. The van der Waals surface area contributed by atoms with Crippen LogP contribution in [0.25, 0.3) is 16.5 Å². The van der Waals surface area contributed by atoms with Crippen molar-refractivity contribution < 1.29 is 19.1 Å². The molecule has 2 N–H and O–H groups in total. The summed E-state index contributed by atoms with van der Waals surface area (Å²) < 4.78 is 13.1. The first kappa shape index (κ1) is 20.9. The highest BCUT2D eigenvalue weighted by Gasteiger charge is 2.39. The van der Waals surface area contributed by atoms with Crippen LogP contribution in [0, 0.1) is 5.82 Å². The Labute approximate surface area is 187 Å². The van der Waals surface area contributed by atoms with Crippen LogP contribution in [0.5, 0.6) is 0 Å². The fraction of sp³-hybridized carbons (Fsp3) is 0.0870. The third-order valence-corrected chi connectivity index (χ3v) is 6.20. The Bertz CT molecular complexity index is 1170. The molecule has 0 bridgehead atoms. The average molecular weight is 453 g/mol. The maximum absolute atomic E-state index is 13.1. The number of rotatable bonds is 6. The summed E-state index contributed by atoms with van der Waals surface area (Å²) in [5.41, 5.74) is 1.88. The van der Waals surface area contributed by atoms with Gasteiger partial charge in [0.1, 0.15) is 17.6 Å². The number of hydrogen-bond acceptors (Lipinski definition) is 4. The number of carbonyl (C=O) groups is 2. The van der Waals surface area contributed by atoms with Gasteiger partial charge in [-0.2, -0.15) is 0 Å². The molecule has 8 heteroatoms. The monoisotopic (exact) mass is 452 g/mol. The number of hydrogen-bond donors (Lipinski definition) is 2. The molecule has 0 spiro atoms. The molecule has 0 radical (unpaired) electrons. The molecular formula is C23H17FN2O3S2. The Balaban J connectivity index is 1.56. The van der Waals surface area contributed by atoms with E-state index in [1.807, 2.05) is 42.5 Å². The number of nitrogens with zero attached hydrogens (tertiary/aromatic N) is 1. The van der Waals surface area contributed by atoms with Gasteiger partial charge in [0.2, 0.25) is 0 Å². The van der Waals surface area contributed by atoms with E-state index in [1.165, 1.54) is 23.5 Å². The molecule has 156 valence electrons. The molecule has 1 amide bonds. The minimum atomic E-state index is -1.13. The second-order valence-corrected chi connectivity index (χ2v) is 8.42. The quantitative estimate of drug-likeness (QED) is 0.431. The second kappa shape index (κ2) is 8.79. The molecule has 4 rings (SSSR count). The minimum absolute atomic E-state index is 0.0647. The number of benzene rings is 2. The summed E-state index contributed by atoms with van der Waals surface area (Å²) in [5.74, 6) is -1.91. The highest BCUT2D eigenvalue weighted by atomic mass is 32.1. The van der Waals surface area contributed by atoms with Crippen LogP contribution in [-0.2, 0) is 16.0 Å². The third kappa shape index (κ3) is 4.55. The summed E-state index contributed by atoms with van der Waals surface area (Å²) >= 11 is 6.71. The SMILES string of the molecule is O=C(O)C(Cc1ccccc1)N1C(=O)/C(=C\c2ccc(-c3ccc(F)cc3)s2)NC1=S. The van der Waals surface area contributed by atoms with Gasteiger partial charge < -0.3 is 10.4 Å². The maximum atomic E-state index is 13.1. The fourth-order valence-corrected chi connectivity index (χ4v) is 4.58. The molecular weight excluding hydrogens is 435 g/mol. The van der Waals surface area contributed by atoms with Gasteiger partial charge in [0.05, 0.1) is 0 Å². The topological polar surface area (TPSA) is 69.6 Å². The van der Waals surface area contributed by atoms with Gasteiger partial charge in [-0.25, -0.2) is 9.18 Å². The van der Waals surface area contributed by atoms with Crippen molar-refractivity contribution in [3.63, 3.8) is 0 Å². The number of nitrogens with one attached hydrogen (secondary N) is 1. The number of carbonyl (C=O) groups excluding carboxylic acids is 1. The molecule has 2 heterocycles. The van der Waals surface area contributed by atoms with Gasteiger partial charge in [0.25, 0.3) is 5.91 Å². The van der Waals surface area contributed by atoms with Crippen molar-refractivity contribution in [3.8, 4) is 10.4 Å². The van der Waals surface area contributed by atoms with Gasteiger partial charge in [0, 0.05) is 16.2 Å². The van der Waals surface area contributed by atoms with Crippen molar-refractivity contribution >= 4 is 46.6 Å². The van der Waals surface area contributed by atoms with Crippen molar-refractivity contribution in [1.82, 2.24) is 10.2 Å². The Hall–Kier alpha value is -3.36. The highest BCUT2D eigenvalue weighted by Crippen LogP contribution is 2.30. The van der Waals surface area contributed by atoms with Crippen LogP contribution in [0.2, 0.25) is 0 Å². The predicted octanol–water partition coefficient (Wildman–Crippen LogP) is 4.31. The van der Waals surface area contributed by atoms with Crippen molar-refractivity contribution in [1.29, 1.82) is 0 Å². The van der Waals surface area contributed by atoms with Crippen molar-refractivity contribution in [3.05, 3.63) is 88.7 Å². The zero-order valence-corrected chi connectivity index (χ0v) is 17.8. The summed E-state index contributed by atoms with van der Waals surface area (Å²) in [6.45, 7) is 0. The first-order valence-corrected chi connectivity index (χ1v) is 10.6. The van der Waals surface area contributed by atoms with E-state index in [0.29, 0.717) is 0 Å².